The maximum atomic E-state index is 14.3. The van der Waals surface area contributed by atoms with Crippen molar-refractivity contribution in [2.24, 2.45) is 0 Å². The van der Waals surface area contributed by atoms with Gasteiger partial charge in [-0.1, -0.05) is 79.2 Å². The zero-order valence-corrected chi connectivity index (χ0v) is 23.9. The average molecular weight is 563 g/mol. The number of hydrogen-bond acceptors (Lipinski definition) is 6. The van der Waals surface area contributed by atoms with E-state index in [1.54, 1.807) is 0 Å². The summed E-state index contributed by atoms with van der Waals surface area (Å²) in [6.07, 6.45) is 4.90. The normalized spacial score (nSPS) is 12.9. The lowest BCUT2D eigenvalue weighted by Gasteiger charge is -2.18. The summed E-state index contributed by atoms with van der Waals surface area (Å²) in [7, 11) is 0. The molecule has 8 nitrogen and oxygen atoms in total. The van der Waals surface area contributed by atoms with E-state index >= 15 is 0 Å². The van der Waals surface area contributed by atoms with Crippen molar-refractivity contribution < 1.29 is 9.26 Å². The van der Waals surface area contributed by atoms with E-state index in [2.05, 4.69) is 17.1 Å². The van der Waals surface area contributed by atoms with Crippen LogP contribution in [-0.4, -0.2) is 26.3 Å². The maximum absolute atomic E-state index is 14.3. The number of unbranched alkanes of at least 4 members (excludes halogenated alkanes) is 1. The van der Waals surface area contributed by atoms with Gasteiger partial charge in [-0.3, -0.25) is 18.9 Å². The summed E-state index contributed by atoms with van der Waals surface area (Å²) in [6.45, 7) is 5.14. The van der Waals surface area contributed by atoms with Crippen molar-refractivity contribution in [2.45, 2.75) is 58.4 Å². The Bertz CT molecular complexity index is 1800. The summed E-state index contributed by atoms with van der Waals surface area (Å²) in [6, 6.07) is 23.7. The Balaban J connectivity index is 1.37. The molecule has 2 aromatic heterocycles. The molecule has 0 radical (unpaired) electrons. The van der Waals surface area contributed by atoms with Crippen LogP contribution in [0.25, 0.3) is 33.6 Å². The van der Waals surface area contributed by atoms with Crippen LogP contribution in [-0.2, 0) is 13.0 Å². The number of aryl methyl sites for hydroxylation is 1. The molecule has 0 bridgehead atoms. The van der Waals surface area contributed by atoms with Gasteiger partial charge in [0.15, 0.2) is 5.82 Å². The molecule has 0 aliphatic heterocycles. The van der Waals surface area contributed by atoms with Gasteiger partial charge >= 0.3 is 5.76 Å². The van der Waals surface area contributed by atoms with E-state index in [1.165, 1.54) is 0 Å². The molecular formula is C34H34N4O4. The van der Waals surface area contributed by atoms with Crippen LogP contribution in [0.15, 0.2) is 86.9 Å². The summed E-state index contributed by atoms with van der Waals surface area (Å²) in [5.41, 5.74) is 6.19. The van der Waals surface area contributed by atoms with Crippen molar-refractivity contribution in [3.05, 3.63) is 111 Å². The average Bonchev–Trinajstić information content (AvgIpc) is 3.78. The minimum Gasteiger partial charge on any atom is -0.494 e. The molecule has 1 aliphatic rings. The largest absolute Gasteiger partial charge is 0.494 e. The third-order valence-corrected chi connectivity index (χ3v) is 7.68. The summed E-state index contributed by atoms with van der Waals surface area (Å²) in [5, 5.41) is 3.87. The highest BCUT2D eigenvalue weighted by Gasteiger charge is 2.31. The standard InChI is InChI=1S/C34H34N4O4/c1-3-5-10-29-35-31(25-15-16-25)30(24-17-19-26(20-18-24)41-4-2)33(39)38(29)21-22-11-13-23(14-12-22)27-8-6-7-9-28(27)32-36-34(40)42-37-32/h6-9,11-14,17-20,25H,3-5,10,15-16,21H2,1-2H3,(H,36,37,40). The van der Waals surface area contributed by atoms with Crippen molar-refractivity contribution in [3.63, 3.8) is 0 Å². The summed E-state index contributed by atoms with van der Waals surface area (Å²) in [4.78, 5) is 33.6. The Morgan fingerprint density at radius 2 is 1.64 bits per heavy atom. The smallest absolute Gasteiger partial charge is 0.439 e. The molecule has 0 atom stereocenters. The maximum Gasteiger partial charge on any atom is 0.439 e. The number of rotatable bonds is 11. The van der Waals surface area contributed by atoms with E-state index < -0.39 is 5.76 Å². The highest BCUT2D eigenvalue weighted by Crippen LogP contribution is 2.42. The van der Waals surface area contributed by atoms with Crippen LogP contribution in [0, 0.1) is 0 Å². The number of hydrogen-bond donors (Lipinski definition) is 1. The molecule has 0 spiro atoms. The molecule has 0 amide bonds. The molecule has 1 fully saturated rings. The van der Waals surface area contributed by atoms with Crippen LogP contribution in [0.4, 0.5) is 0 Å². The SMILES string of the molecule is CCCCc1nc(C2CC2)c(-c2ccc(OCC)cc2)c(=O)n1Cc1ccc(-c2ccccc2-c2noc(=O)[nH]2)cc1. The van der Waals surface area contributed by atoms with Crippen LogP contribution >= 0.6 is 0 Å². The second-order valence-electron chi connectivity index (χ2n) is 10.7. The van der Waals surface area contributed by atoms with Crippen LogP contribution in [0.5, 0.6) is 5.75 Å². The summed E-state index contributed by atoms with van der Waals surface area (Å²) >= 11 is 0. The van der Waals surface area contributed by atoms with E-state index in [-0.39, 0.29) is 5.56 Å². The van der Waals surface area contributed by atoms with Crippen molar-refractivity contribution in [1.82, 2.24) is 19.7 Å². The summed E-state index contributed by atoms with van der Waals surface area (Å²) < 4.78 is 12.2. The molecular weight excluding hydrogens is 528 g/mol. The van der Waals surface area contributed by atoms with Crippen molar-refractivity contribution in [1.29, 1.82) is 0 Å². The third kappa shape index (κ3) is 5.70. The minimum absolute atomic E-state index is 0.00608. The molecule has 5 aromatic rings. The van der Waals surface area contributed by atoms with Crippen LogP contribution in [0.1, 0.15) is 62.5 Å². The highest BCUT2D eigenvalue weighted by atomic mass is 16.5. The van der Waals surface area contributed by atoms with Crippen molar-refractivity contribution in [3.8, 4) is 39.4 Å². The zero-order chi connectivity index (χ0) is 29.1. The Morgan fingerprint density at radius 3 is 2.29 bits per heavy atom. The topological polar surface area (TPSA) is 103 Å². The van der Waals surface area contributed by atoms with E-state index in [9.17, 15) is 9.59 Å². The number of H-pyrrole nitrogens is 1. The predicted octanol–water partition coefficient (Wildman–Crippen LogP) is 6.59. The van der Waals surface area contributed by atoms with E-state index in [4.69, 9.17) is 14.2 Å². The minimum atomic E-state index is -0.592. The van der Waals surface area contributed by atoms with Crippen LogP contribution < -0.4 is 16.1 Å². The summed E-state index contributed by atoms with van der Waals surface area (Å²) in [5.74, 6) is 1.77. The Kier molecular flexibility index (Phi) is 7.86. The molecule has 1 N–H and O–H groups in total. The van der Waals surface area contributed by atoms with Gasteiger partial charge in [-0.15, -0.1) is 0 Å². The fourth-order valence-electron chi connectivity index (χ4n) is 5.37. The molecule has 1 saturated carbocycles. The second-order valence-corrected chi connectivity index (χ2v) is 10.7. The van der Waals surface area contributed by atoms with Gasteiger partial charge in [-0.05, 0) is 60.6 Å². The molecule has 2 heterocycles. The first-order valence-corrected chi connectivity index (χ1v) is 14.7. The fraction of sp³-hybridized carbons (Fsp3) is 0.294. The highest BCUT2D eigenvalue weighted by molar-refractivity contribution is 5.80. The molecule has 42 heavy (non-hydrogen) atoms. The van der Waals surface area contributed by atoms with Crippen molar-refractivity contribution >= 4 is 0 Å². The lowest BCUT2D eigenvalue weighted by atomic mass is 9.98. The van der Waals surface area contributed by atoms with Gasteiger partial charge < -0.3 is 4.74 Å². The molecule has 3 aromatic carbocycles. The number of benzene rings is 3. The Hall–Kier alpha value is -4.72. The van der Waals surface area contributed by atoms with Gasteiger partial charge in [0.2, 0.25) is 0 Å². The van der Waals surface area contributed by atoms with Gasteiger partial charge in [0.05, 0.1) is 24.4 Å². The Labute approximate surface area is 244 Å². The quantitative estimate of drug-likeness (QED) is 0.195. The molecule has 0 unspecified atom stereocenters. The first kappa shape index (κ1) is 27.4. The van der Waals surface area contributed by atoms with Gasteiger partial charge in [0.1, 0.15) is 11.6 Å². The number of aromatic amines is 1. The lowest BCUT2D eigenvalue weighted by molar-refractivity contribution is 0.340. The van der Waals surface area contributed by atoms with Crippen LogP contribution in [0.3, 0.4) is 0 Å². The molecule has 214 valence electrons. The lowest BCUT2D eigenvalue weighted by Crippen LogP contribution is -2.29. The second kappa shape index (κ2) is 12.0. The van der Waals surface area contributed by atoms with E-state index in [0.29, 0.717) is 30.5 Å². The van der Waals surface area contributed by atoms with E-state index in [1.807, 2.05) is 84.3 Å². The third-order valence-electron chi connectivity index (χ3n) is 7.68. The first-order chi connectivity index (χ1) is 20.6. The van der Waals surface area contributed by atoms with Gasteiger partial charge in [0, 0.05) is 17.9 Å². The number of nitrogens with zero attached hydrogens (tertiary/aromatic N) is 3. The molecule has 6 rings (SSSR count). The fourth-order valence-corrected chi connectivity index (χ4v) is 5.37. The monoisotopic (exact) mass is 562 g/mol. The molecule has 8 heteroatoms. The zero-order valence-electron chi connectivity index (χ0n) is 23.9. The van der Waals surface area contributed by atoms with Crippen LogP contribution in [0.2, 0.25) is 0 Å². The number of nitrogens with one attached hydrogen (secondary N) is 1. The first-order valence-electron chi connectivity index (χ1n) is 14.7. The molecule has 1 aliphatic carbocycles. The van der Waals surface area contributed by atoms with Gasteiger partial charge in [0.25, 0.3) is 5.56 Å². The molecule has 0 saturated heterocycles. The van der Waals surface area contributed by atoms with Gasteiger partial charge in [-0.2, -0.15) is 0 Å². The number of aromatic nitrogens is 4. The number of ether oxygens (including phenoxy) is 1. The predicted molar refractivity (Wildman–Crippen MR) is 163 cm³/mol. The van der Waals surface area contributed by atoms with E-state index in [0.717, 1.165) is 77.2 Å². The van der Waals surface area contributed by atoms with Crippen molar-refractivity contribution in [2.75, 3.05) is 6.61 Å². The van der Waals surface area contributed by atoms with Gasteiger partial charge in [-0.25, -0.2) is 9.78 Å². The Morgan fingerprint density at radius 1 is 0.929 bits per heavy atom.